The van der Waals surface area contributed by atoms with Crippen LogP contribution in [0.2, 0.25) is 0 Å². The number of carbonyl (C=O) groups excluding carboxylic acids is 1. The molecule has 4 nitrogen and oxygen atoms in total. The Balaban J connectivity index is 1.99. The van der Waals surface area contributed by atoms with E-state index in [0.717, 1.165) is 30.7 Å². The first-order chi connectivity index (χ1) is 8.16. The third kappa shape index (κ3) is 2.97. The molecule has 0 bridgehead atoms. The SMILES string of the molecule is Cc1cc(NC(=O)C2CCCOC2)ccc1O. The second-order valence-electron chi connectivity index (χ2n) is 4.40. The van der Waals surface area contributed by atoms with Gasteiger partial charge in [-0.25, -0.2) is 0 Å². The fraction of sp³-hybridized carbons (Fsp3) is 0.462. The van der Waals surface area contributed by atoms with Crippen LogP contribution in [0.4, 0.5) is 5.69 Å². The zero-order valence-electron chi connectivity index (χ0n) is 9.90. The van der Waals surface area contributed by atoms with Gasteiger partial charge in [-0.05, 0) is 43.5 Å². The lowest BCUT2D eigenvalue weighted by atomic mass is 10.0. The van der Waals surface area contributed by atoms with Gasteiger partial charge in [-0.2, -0.15) is 0 Å². The van der Waals surface area contributed by atoms with E-state index in [1.807, 2.05) is 0 Å². The normalized spacial score (nSPS) is 19.9. The molecule has 1 fully saturated rings. The van der Waals surface area contributed by atoms with Gasteiger partial charge in [-0.3, -0.25) is 4.79 Å². The summed E-state index contributed by atoms with van der Waals surface area (Å²) in [7, 11) is 0. The smallest absolute Gasteiger partial charge is 0.229 e. The minimum Gasteiger partial charge on any atom is -0.508 e. The molecule has 1 aromatic carbocycles. The van der Waals surface area contributed by atoms with E-state index in [4.69, 9.17) is 4.74 Å². The maximum Gasteiger partial charge on any atom is 0.229 e. The van der Waals surface area contributed by atoms with Crippen LogP contribution in [-0.4, -0.2) is 24.2 Å². The molecule has 0 saturated carbocycles. The number of phenolic OH excluding ortho intramolecular Hbond substituents is 1. The Bertz CT molecular complexity index is 411. The largest absolute Gasteiger partial charge is 0.508 e. The molecule has 17 heavy (non-hydrogen) atoms. The van der Waals surface area contributed by atoms with E-state index in [1.54, 1.807) is 25.1 Å². The molecule has 1 saturated heterocycles. The van der Waals surface area contributed by atoms with Crippen LogP contribution in [0.15, 0.2) is 18.2 Å². The molecule has 92 valence electrons. The van der Waals surface area contributed by atoms with Gasteiger partial charge in [-0.1, -0.05) is 0 Å². The maximum absolute atomic E-state index is 11.9. The minimum atomic E-state index is -0.0575. The second-order valence-corrected chi connectivity index (χ2v) is 4.40. The number of benzene rings is 1. The Morgan fingerprint density at radius 3 is 3.00 bits per heavy atom. The molecular weight excluding hydrogens is 218 g/mol. The molecular formula is C13H17NO3. The Morgan fingerprint density at radius 2 is 2.35 bits per heavy atom. The van der Waals surface area contributed by atoms with Crippen LogP contribution in [-0.2, 0) is 9.53 Å². The predicted molar refractivity (Wildman–Crippen MR) is 65.0 cm³/mol. The zero-order chi connectivity index (χ0) is 12.3. The fourth-order valence-corrected chi connectivity index (χ4v) is 1.93. The molecule has 1 aliphatic heterocycles. The number of hydrogen-bond donors (Lipinski definition) is 2. The van der Waals surface area contributed by atoms with Crippen molar-refractivity contribution >= 4 is 11.6 Å². The molecule has 0 aliphatic carbocycles. The van der Waals surface area contributed by atoms with Crippen molar-refractivity contribution in [2.24, 2.45) is 5.92 Å². The molecule has 2 N–H and O–H groups in total. The number of carbonyl (C=O) groups is 1. The lowest BCUT2D eigenvalue weighted by Gasteiger charge is -2.21. The van der Waals surface area contributed by atoms with Crippen molar-refractivity contribution in [3.63, 3.8) is 0 Å². The highest BCUT2D eigenvalue weighted by molar-refractivity contribution is 5.92. The molecule has 1 aromatic rings. The first-order valence-electron chi connectivity index (χ1n) is 5.85. The zero-order valence-corrected chi connectivity index (χ0v) is 9.90. The standard InChI is InChI=1S/C13H17NO3/c1-9-7-11(4-5-12(9)15)14-13(16)10-3-2-6-17-8-10/h4-5,7,10,15H,2-3,6,8H2,1H3,(H,14,16). The number of anilines is 1. The van der Waals surface area contributed by atoms with Crippen LogP contribution in [0.5, 0.6) is 5.75 Å². The van der Waals surface area contributed by atoms with E-state index >= 15 is 0 Å². The van der Waals surface area contributed by atoms with Crippen LogP contribution in [0.25, 0.3) is 0 Å². The molecule has 1 unspecified atom stereocenters. The highest BCUT2D eigenvalue weighted by atomic mass is 16.5. The van der Waals surface area contributed by atoms with Crippen molar-refractivity contribution in [2.75, 3.05) is 18.5 Å². The average molecular weight is 235 g/mol. The number of rotatable bonds is 2. The van der Waals surface area contributed by atoms with Crippen LogP contribution < -0.4 is 5.32 Å². The second kappa shape index (κ2) is 5.19. The van der Waals surface area contributed by atoms with Crippen LogP contribution in [0.1, 0.15) is 18.4 Å². The summed E-state index contributed by atoms with van der Waals surface area (Å²) >= 11 is 0. The Morgan fingerprint density at radius 1 is 1.53 bits per heavy atom. The molecule has 4 heteroatoms. The summed E-state index contributed by atoms with van der Waals surface area (Å²) in [5.41, 5.74) is 1.47. The lowest BCUT2D eigenvalue weighted by molar-refractivity contribution is -0.123. The van der Waals surface area contributed by atoms with E-state index < -0.39 is 0 Å². The molecule has 2 rings (SSSR count). The maximum atomic E-state index is 11.9. The van der Waals surface area contributed by atoms with E-state index in [1.165, 1.54) is 0 Å². The summed E-state index contributed by atoms with van der Waals surface area (Å²) < 4.78 is 5.28. The number of ether oxygens (including phenoxy) is 1. The van der Waals surface area contributed by atoms with Gasteiger partial charge in [0.25, 0.3) is 0 Å². The average Bonchev–Trinajstić information content (AvgIpc) is 2.35. The number of phenols is 1. The van der Waals surface area contributed by atoms with Gasteiger partial charge < -0.3 is 15.2 Å². The van der Waals surface area contributed by atoms with Crippen molar-refractivity contribution in [2.45, 2.75) is 19.8 Å². The highest BCUT2D eigenvalue weighted by Crippen LogP contribution is 2.21. The van der Waals surface area contributed by atoms with Crippen molar-refractivity contribution in [1.29, 1.82) is 0 Å². The topological polar surface area (TPSA) is 58.6 Å². The monoisotopic (exact) mass is 235 g/mol. The van der Waals surface area contributed by atoms with E-state index in [0.29, 0.717) is 6.61 Å². The van der Waals surface area contributed by atoms with Gasteiger partial charge in [-0.15, -0.1) is 0 Å². The van der Waals surface area contributed by atoms with Crippen molar-refractivity contribution in [3.8, 4) is 5.75 Å². The fourth-order valence-electron chi connectivity index (χ4n) is 1.93. The molecule has 1 amide bonds. The molecule has 1 heterocycles. The quantitative estimate of drug-likeness (QED) is 0.771. The predicted octanol–water partition coefficient (Wildman–Crippen LogP) is 2.07. The van der Waals surface area contributed by atoms with Crippen molar-refractivity contribution < 1.29 is 14.6 Å². The lowest BCUT2D eigenvalue weighted by Crippen LogP contribution is -2.30. The van der Waals surface area contributed by atoms with Gasteiger partial charge in [0, 0.05) is 12.3 Å². The first-order valence-corrected chi connectivity index (χ1v) is 5.85. The summed E-state index contributed by atoms with van der Waals surface area (Å²) in [5.74, 6) is 0.177. The third-order valence-corrected chi connectivity index (χ3v) is 3.00. The van der Waals surface area contributed by atoms with Crippen LogP contribution >= 0.6 is 0 Å². The van der Waals surface area contributed by atoms with Gasteiger partial charge in [0.1, 0.15) is 5.75 Å². The van der Waals surface area contributed by atoms with Gasteiger partial charge in [0.05, 0.1) is 12.5 Å². The first kappa shape index (κ1) is 11.9. The van der Waals surface area contributed by atoms with Gasteiger partial charge in [0.15, 0.2) is 0 Å². The minimum absolute atomic E-state index is 0.00482. The highest BCUT2D eigenvalue weighted by Gasteiger charge is 2.21. The van der Waals surface area contributed by atoms with Crippen LogP contribution in [0, 0.1) is 12.8 Å². The Kier molecular flexibility index (Phi) is 3.64. The third-order valence-electron chi connectivity index (χ3n) is 3.00. The number of amides is 1. The molecule has 0 spiro atoms. The summed E-state index contributed by atoms with van der Waals surface area (Å²) in [4.78, 5) is 11.9. The number of aromatic hydroxyl groups is 1. The van der Waals surface area contributed by atoms with E-state index in [9.17, 15) is 9.90 Å². The van der Waals surface area contributed by atoms with E-state index in [-0.39, 0.29) is 17.6 Å². The summed E-state index contributed by atoms with van der Waals surface area (Å²) in [6, 6.07) is 5.04. The summed E-state index contributed by atoms with van der Waals surface area (Å²) in [6.45, 7) is 3.06. The van der Waals surface area contributed by atoms with Gasteiger partial charge in [0.2, 0.25) is 5.91 Å². The molecule has 0 radical (unpaired) electrons. The Hall–Kier alpha value is -1.55. The molecule has 1 atom stereocenters. The van der Waals surface area contributed by atoms with Crippen molar-refractivity contribution in [1.82, 2.24) is 0 Å². The van der Waals surface area contributed by atoms with Gasteiger partial charge >= 0.3 is 0 Å². The number of nitrogens with one attached hydrogen (secondary N) is 1. The number of hydrogen-bond acceptors (Lipinski definition) is 3. The van der Waals surface area contributed by atoms with Crippen LogP contribution in [0.3, 0.4) is 0 Å². The van der Waals surface area contributed by atoms with E-state index in [2.05, 4.69) is 5.32 Å². The van der Waals surface area contributed by atoms with Crippen molar-refractivity contribution in [3.05, 3.63) is 23.8 Å². The molecule has 1 aliphatic rings. The Labute approximate surface area is 101 Å². The summed E-state index contributed by atoms with van der Waals surface area (Å²) in [6.07, 6.45) is 1.82. The molecule has 0 aromatic heterocycles. The summed E-state index contributed by atoms with van der Waals surface area (Å²) in [5, 5.41) is 12.2. The number of aryl methyl sites for hydroxylation is 1.